The largest absolute Gasteiger partial charge is 0.324 e. The van der Waals surface area contributed by atoms with Gasteiger partial charge in [-0.1, -0.05) is 30.3 Å². The van der Waals surface area contributed by atoms with Crippen LogP contribution in [0.2, 0.25) is 0 Å². The summed E-state index contributed by atoms with van der Waals surface area (Å²) in [4.78, 5) is 13.1. The molecule has 7 heteroatoms. The molecule has 5 nitrogen and oxygen atoms in total. The van der Waals surface area contributed by atoms with Crippen LogP contribution in [-0.4, -0.2) is 31.2 Å². The Labute approximate surface area is 168 Å². The zero-order valence-electron chi connectivity index (χ0n) is 15.2. The first-order valence-electron chi connectivity index (χ1n) is 9.45. The summed E-state index contributed by atoms with van der Waals surface area (Å²) >= 11 is 1.19. The Kier molecular flexibility index (Phi) is 4.26. The summed E-state index contributed by atoms with van der Waals surface area (Å²) in [7, 11) is -3.64. The molecule has 3 aromatic rings. The van der Waals surface area contributed by atoms with Crippen molar-refractivity contribution in [1.82, 2.24) is 4.31 Å². The van der Waals surface area contributed by atoms with Gasteiger partial charge in [-0.2, -0.15) is 4.31 Å². The van der Waals surface area contributed by atoms with E-state index in [4.69, 9.17) is 0 Å². The number of nitrogens with zero attached hydrogens (tertiary/aromatic N) is 1. The van der Waals surface area contributed by atoms with E-state index in [9.17, 15) is 13.2 Å². The number of benzene rings is 2. The van der Waals surface area contributed by atoms with Gasteiger partial charge in [-0.3, -0.25) is 4.79 Å². The van der Waals surface area contributed by atoms with E-state index in [0.29, 0.717) is 19.4 Å². The molecule has 0 spiro atoms. The summed E-state index contributed by atoms with van der Waals surface area (Å²) in [5.74, 6) is -0.253. The van der Waals surface area contributed by atoms with Crippen molar-refractivity contribution in [3.05, 3.63) is 59.0 Å². The second-order valence-electron chi connectivity index (χ2n) is 7.31. The van der Waals surface area contributed by atoms with Crippen LogP contribution in [0.25, 0.3) is 10.8 Å². The third-order valence-corrected chi connectivity index (χ3v) is 8.98. The first kappa shape index (κ1) is 17.8. The zero-order valence-corrected chi connectivity index (χ0v) is 16.9. The van der Waals surface area contributed by atoms with Crippen molar-refractivity contribution in [2.75, 3.05) is 11.9 Å². The van der Waals surface area contributed by atoms with Gasteiger partial charge in [0.05, 0.1) is 0 Å². The second kappa shape index (κ2) is 6.69. The number of rotatable bonds is 4. The number of hydrogen-bond acceptors (Lipinski definition) is 4. The molecule has 0 bridgehead atoms. The van der Waals surface area contributed by atoms with Crippen molar-refractivity contribution in [1.29, 1.82) is 0 Å². The highest BCUT2D eigenvalue weighted by molar-refractivity contribution is 7.91. The summed E-state index contributed by atoms with van der Waals surface area (Å²) in [6.07, 6.45) is 3.28. The molecule has 1 aliphatic carbocycles. The minimum absolute atomic E-state index is 0.253. The monoisotopic (exact) mass is 412 g/mol. The lowest BCUT2D eigenvalue weighted by atomic mass is 10.0. The summed E-state index contributed by atoms with van der Waals surface area (Å²) in [6, 6.07) is 12.8. The number of thiophene rings is 1. The van der Waals surface area contributed by atoms with Crippen molar-refractivity contribution in [2.24, 2.45) is 0 Å². The van der Waals surface area contributed by atoms with Gasteiger partial charge in [-0.15, -0.1) is 11.3 Å². The fourth-order valence-corrected chi connectivity index (χ4v) is 7.16. The molecule has 1 saturated heterocycles. The normalized spacial score (nSPS) is 19.4. The Hall–Kier alpha value is -2.22. The van der Waals surface area contributed by atoms with Crippen LogP contribution in [0.4, 0.5) is 5.69 Å². The van der Waals surface area contributed by atoms with Crippen molar-refractivity contribution >= 4 is 43.7 Å². The Morgan fingerprint density at radius 2 is 1.89 bits per heavy atom. The van der Waals surface area contributed by atoms with Gasteiger partial charge in [0.2, 0.25) is 5.91 Å². The van der Waals surface area contributed by atoms with Gasteiger partial charge in [0.1, 0.15) is 10.3 Å². The first-order valence-corrected chi connectivity index (χ1v) is 11.8. The van der Waals surface area contributed by atoms with E-state index in [1.807, 2.05) is 18.2 Å². The number of nitrogens with one attached hydrogen (secondary N) is 1. The Bertz CT molecular complexity index is 1160. The van der Waals surface area contributed by atoms with Gasteiger partial charge in [0, 0.05) is 17.6 Å². The highest BCUT2D eigenvalue weighted by atomic mass is 32.2. The molecule has 0 saturated carbocycles. The van der Waals surface area contributed by atoms with E-state index in [2.05, 4.69) is 17.4 Å². The SMILES string of the molecule is O=C(Nc1ccc2c3c(cccc13)CC2)C1CCCN1S(=O)(=O)c1cccs1. The average Bonchev–Trinajstić information content (AvgIpc) is 3.45. The highest BCUT2D eigenvalue weighted by Crippen LogP contribution is 2.36. The molecule has 2 aromatic carbocycles. The molecule has 0 radical (unpaired) electrons. The van der Waals surface area contributed by atoms with E-state index < -0.39 is 16.1 Å². The van der Waals surface area contributed by atoms with E-state index in [1.165, 1.54) is 32.2 Å². The lowest BCUT2D eigenvalue weighted by Gasteiger charge is -2.23. The molecule has 28 heavy (non-hydrogen) atoms. The maximum atomic E-state index is 13.1. The van der Waals surface area contributed by atoms with Crippen LogP contribution in [-0.2, 0) is 27.7 Å². The number of hydrogen-bond donors (Lipinski definition) is 1. The molecule has 144 valence electrons. The van der Waals surface area contributed by atoms with Crippen LogP contribution in [0.15, 0.2) is 52.1 Å². The summed E-state index contributed by atoms with van der Waals surface area (Å²) in [5.41, 5.74) is 3.38. The fraction of sp³-hybridized carbons (Fsp3) is 0.286. The molecule has 1 amide bonds. The maximum absolute atomic E-state index is 13.1. The molecule has 1 atom stereocenters. The quantitative estimate of drug-likeness (QED) is 0.709. The Morgan fingerprint density at radius 3 is 2.68 bits per heavy atom. The van der Waals surface area contributed by atoms with Gasteiger partial charge in [0.25, 0.3) is 10.0 Å². The summed E-state index contributed by atoms with van der Waals surface area (Å²) < 4.78 is 27.5. The van der Waals surface area contributed by atoms with Crippen LogP contribution in [0.1, 0.15) is 24.0 Å². The van der Waals surface area contributed by atoms with E-state index in [0.717, 1.165) is 23.9 Å². The number of carbonyl (C=O) groups excluding carboxylic acids is 1. The molecular formula is C21H20N2O3S2. The van der Waals surface area contributed by atoms with E-state index in [-0.39, 0.29) is 10.1 Å². The number of carbonyl (C=O) groups is 1. The van der Waals surface area contributed by atoms with Gasteiger partial charge < -0.3 is 5.32 Å². The minimum atomic E-state index is -3.64. The molecule has 1 unspecified atom stereocenters. The van der Waals surface area contributed by atoms with Crippen molar-refractivity contribution in [3.8, 4) is 0 Å². The predicted octanol–water partition coefficient (Wildman–Crippen LogP) is 3.79. The smallest absolute Gasteiger partial charge is 0.253 e. The van der Waals surface area contributed by atoms with Gasteiger partial charge >= 0.3 is 0 Å². The average molecular weight is 413 g/mol. The second-order valence-corrected chi connectivity index (χ2v) is 10.4. The number of amides is 1. The first-order chi connectivity index (χ1) is 13.6. The van der Waals surface area contributed by atoms with Crippen LogP contribution < -0.4 is 5.32 Å². The van der Waals surface area contributed by atoms with Crippen molar-refractivity contribution < 1.29 is 13.2 Å². The van der Waals surface area contributed by atoms with E-state index in [1.54, 1.807) is 17.5 Å². The van der Waals surface area contributed by atoms with Gasteiger partial charge in [0.15, 0.2) is 0 Å². The van der Waals surface area contributed by atoms with Crippen molar-refractivity contribution in [2.45, 2.75) is 35.9 Å². The van der Waals surface area contributed by atoms with Crippen LogP contribution >= 0.6 is 11.3 Å². The lowest BCUT2D eigenvalue weighted by Crippen LogP contribution is -2.42. The van der Waals surface area contributed by atoms with Crippen molar-refractivity contribution in [3.63, 3.8) is 0 Å². The summed E-state index contributed by atoms with van der Waals surface area (Å²) in [6.45, 7) is 0.377. The van der Waals surface area contributed by atoms with E-state index >= 15 is 0 Å². The van der Waals surface area contributed by atoms with Crippen LogP contribution in [0.5, 0.6) is 0 Å². The number of sulfonamides is 1. The Balaban J connectivity index is 1.46. The Morgan fingerprint density at radius 1 is 1.07 bits per heavy atom. The maximum Gasteiger partial charge on any atom is 0.253 e. The third-order valence-electron chi connectivity index (χ3n) is 5.70. The molecule has 1 fully saturated rings. The van der Waals surface area contributed by atoms with Crippen LogP contribution in [0, 0.1) is 0 Å². The minimum Gasteiger partial charge on any atom is -0.324 e. The predicted molar refractivity (Wildman–Crippen MR) is 111 cm³/mol. The molecule has 2 aliphatic rings. The highest BCUT2D eigenvalue weighted by Gasteiger charge is 2.40. The topological polar surface area (TPSA) is 66.5 Å². The van der Waals surface area contributed by atoms with Gasteiger partial charge in [-0.25, -0.2) is 8.42 Å². The van der Waals surface area contributed by atoms with Gasteiger partial charge in [-0.05, 0) is 59.7 Å². The third kappa shape index (κ3) is 2.77. The molecule has 1 aromatic heterocycles. The molecule has 2 heterocycles. The lowest BCUT2D eigenvalue weighted by molar-refractivity contribution is -0.119. The number of anilines is 1. The standard InChI is InChI=1S/C21H20N2O3S2/c24-21(18-6-2-12-23(18)28(25,26)19-7-3-13-27-19)22-17-11-10-15-9-8-14-4-1-5-16(17)20(14)15/h1,3-5,7,10-11,13,18H,2,6,8-9,12H2,(H,22,24). The zero-order chi connectivity index (χ0) is 19.3. The van der Waals surface area contributed by atoms with Crippen LogP contribution in [0.3, 0.4) is 0 Å². The molecule has 5 rings (SSSR count). The molecule has 1 N–H and O–H groups in total. The summed E-state index contributed by atoms with van der Waals surface area (Å²) in [5, 5.41) is 7.02. The molecule has 1 aliphatic heterocycles. The number of aryl methyl sites for hydroxylation is 2. The fourth-order valence-electron chi connectivity index (χ4n) is 4.39. The molecular weight excluding hydrogens is 392 g/mol.